The maximum Gasteiger partial charge on any atom is 0.261 e. The number of nitrogens with zero attached hydrogens (tertiary/aromatic N) is 5. The zero-order chi connectivity index (χ0) is 16.8. The first-order valence-corrected chi connectivity index (χ1v) is 7.45. The standard InChI is InChI=1S/C17H15N5O2/c1-10-18-17-19-13-7-8-21(2)16(23)14(13)15(22(17)20-10)11-5-4-6-12(9-11)24-3/h4-9H,1-3H3. The molecule has 0 spiro atoms. The summed E-state index contributed by atoms with van der Waals surface area (Å²) in [4.78, 5) is 21.6. The highest BCUT2D eigenvalue weighted by Crippen LogP contribution is 2.28. The minimum absolute atomic E-state index is 0.132. The first kappa shape index (κ1) is 14.4. The third-order valence-corrected chi connectivity index (χ3v) is 3.95. The number of hydrogen-bond acceptors (Lipinski definition) is 5. The number of ether oxygens (including phenoxy) is 1. The molecule has 0 aliphatic heterocycles. The van der Waals surface area contributed by atoms with Gasteiger partial charge in [0, 0.05) is 18.8 Å². The second-order valence-corrected chi connectivity index (χ2v) is 5.56. The van der Waals surface area contributed by atoms with E-state index < -0.39 is 0 Å². The minimum Gasteiger partial charge on any atom is -0.497 e. The first-order chi connectivity index (χ1) is 11.6. The van der Waals surface area contributed by atoms with Crippen LogP contribution in [0.25, 0.3) is 27.9 Å². The van der Waals surface area contributed by atoms with Gasteiger partial charge in [-0.3, -0.25) is 4.79 Å². The van der Waals surface area contributed by atoms with Crippen molar-refractivity contribution in [3.8, 4) is 17.0 Å². The molecule has 0 aliphatic rings. The molecule has 7 nitrogen and oxygen atoms in total. The van der Waals surface area contributed by atoms with Crippen LogP contribution in [0.1, 0.15) is 5.82 Å². The van der Waals surface area contributed by atoms with E-state index in [1.54, 1.807) is 31.8 Å². The lowest BCUT2D eigenvalue weighted by Crippen LogP contribution is -2.18. The second-order valence-electron chi connectivity index (χ2n) is 5.56. The Morgan fingerprint density at radius 3 is 2.79 bits per heavy atom. The van der Waals surface area contributed by atoms with E-state index in [1.165, 1.54) is 4.57 Å². The van der Waals surface area contributed by atoms with E-state index in [9.17, 15) is 4.79 Å². The summed E-state index contributed by atoms with van der Waals surface area (Å²) in [5, 5.41) is 4.93. The topological polar surface area (TPSA) is 74.3 Å². The number of aryl methyl sites for hydroxylation is 2. The summed E-state index contributed by atoms with van der Waals surface area (Å²) < 4.78 is 8.47. The molecule has 0 bridgehead atoms. The zero-order valence-electron chi connectivity index (χ0n) is 13.5. The summed E-state index contributed by atoms with van der Waals surface area (Å²) in [5.41, 5.74) is 1.94. The van der Waals surface area contributed by atoms with Crippen LogP contribution in [0.15, 0.2) is 41.3 Å². The van der Waals surface area contributed by atoms with E-state index in [0.717, 1.165) is 5.56 Å². The molecular formula is C17H15N5O2. The van der Waals surface area contributed by atoms with Gasteiger partial charge in [-0.1, -0.05) is 12.1 Å². The van der Waals surface area contributed by atoms with Gasteiger partial charge in [-0.25, -0.2) is 4.98 Å². The number of aromatic nitrogens is 5. The molecule has 1 aromatic carbocycles. The lowest BCUT2D eigenvalue weighted by Gasteiger charge is -2.10. The molecular weight excluding hydrogens is 306 g/mol. The highest BCUT2D eigenvalue weighted by atomic mass is 16.5. The molecule has 0 fully saturated rings. The van der Waals surface area contributed by atoms with Crippen molar-refractivity contribution in [2.45, 2.75) is 6.92 Å². The number of pyridine rings is 1. The van der Waals surface area contributed by atoms with Crippen molar-refractivity contribution >= 4 is 16.7 Å². The average molecular weight is 321 g/mol. The Morgan fingerprint density at radius 1 is 1.17 bits per heavy atom. The summed E-state index contributed by atoms with van der Waals surface area (Å²) in [7, 11) is 3.33. The number of hydrogen-bond donors (Lipinski definition) is 0. The number of fused-ring (bicyclic) bond motifs is 2. The summed E-state index contributed by atoms with van der Waals surface area (Å²) >= 11 is 0. The van der Waals surface area contributed by atoms with E-state index in [-0.39, 0.29) is 5.56 Å². The molecule has 4 rings (SSSR count). The molecule has 3 aromatic heterocycles. The van der Waals surface area contributed by atoms with Crippen LogP contribution in [-0.4, -0.2) is 31.3 Å². The Balaban J connectivity index is 2.24. The van der Waals surface area contributed by atoms with Crippen LogP contribution in [0.5, 0.6) is 5.75 Å². The van der Waals surface area contributed by atoms with E-state index in [4.69, 9.17) is 4.74 Å². The van der Waals surface area contributed by atoms with Crippen molar-refractivity contribution in [3.05, 3.63) is 52.7 Å². The molecule has 0 amide bonds. The molecule has 0 N–H and O–H groups in total. The fourth-order valence-corrected chi connectivity index (χ4v) is 2.81. The van der Waals surface area contributed by atoms with Crippen LogP contribution >= 0.6 is 0 Å². The van der Waals surface area contributed by atoms with Crippen molar-refractivity contribution < 1.29 is 4.74 Å². The van der Waals surface area contributed by atoms with Gasteiger partial charge in [0.1, 0.15) is 11.6 Å². The van der Waals surface area contributed by atoms with Crippen molar-refractivity contribution in [1.82, 2.24) is 24.1 Å². The lowest BCUT2D eigenvalue weighted by molar-refractivity contribution is 0.415. The predicted molar refractivity (Wildman–Crippen MR) is 90.3 cm³/mol. The Kier molecular flexibility index (Phi) is 3.09. The molecule has 0 radical (unpaired) electrons. The Hall–Kier alpha value is -3.22. The van der Waals surface area contributed by atoms with Crippen molar-refractivity contribution in [2.24, 2.45) is 7.05 Å². The van der Waals surface area contributed by atoms with Gasteiger partial charge in [0.05, 0.1) is 23.7 Å². The van der Waals surface area contributed by atoms with Crippen LogP contribution in [0, 0.1) is 6.92 Å². The molecule has 24 heavy (non-hydrogen) atoms. The summed E-state index contributed by atoms with van der Waals surface area (Å²) in [6.45, 7) is 1.80. The van der Waals surface area contributed by atoms with E-state index in [0.29, 0.717) is 33.9 Å². The highest BCUT2D eigenvalue weighted by Gasteiger charge is 2.17. The molecule has 0 saturated heterocycles. The molecule has 0 atom stereocenters. The summed E-state index contributed by atoms with van der Waals surface area (Å²) in [6.07, 6.45) is 1.70. The molecule has 3 heterocycles. The average Bonchev–Trinajstić information content (AvgIpc) is 2.96. The fraction of sp³-hybridized carbons (Fsp3) is 0.176. The summed E-state index contributed by atoms with van der Waals surface area (Å²) in [6, 6.07) is 9.33. The number of rotatable bonds is 2. The second kappa shape index (κ2) is 5.16. The normalized spacial score (nSPS) is 11.3. The van der Waals surface area contributed by atoms with Crippen LogP contribution in [0.4, 0.5) is 0 Å². The summed E-state index contributed by atoms with van der Waals surface area (Å²) in [5.74, 6) is 1.76. The maximum atomic E-state index is 12.8. The predicted octanol–water partition coefficient (Wildman–Crippen LogP) is 1.96. The van der Waals surface area contributed by atoms with Gasteiger partial charge in [-0.15, -0.1) is 5.10 Å². The molecule has 7 heteroatoms. The highest BCUT2D eigenvalue weighted by molar-refractivity contribution is 5.93. The minimum atomic E-state index is -0.132. The van der Waals surface area contributed by atoms with Gasteiger partial charge in [-0.05, 0) is 25.1 Å². The number of methoxy groups -OCH3 is 1. The van der Waals surface area contributed by atoms with Crippen LogP contribution < -0.4 is 10.3 Å². The SMILES string of the molecule is COc1cccc(-c2c3c(=O)n(C)ccc3nc3nc(C)nn23)c1. The van der Waals surface area contributed by atoms with E-state index >= 15 is 0 Å². The van der Waals surface area contributed by atoms with Crippen molar-refractivity contribution in [2.75, 3.05) is 7.11 Å². The fourth-order valence-electron chi connectivity index (χ4n) is 2.81. The van der Waals surface area contributed by atoms with Gasteiger partial charge in [0.15, 0.2) is 0 Å². The quantitative estimate of drug-likeness (QED) is 0.564. The molecule has 0 aliphatic carbocycles. The monoisotopic (exact) mass is 321 g/mol. The third-order valence-electron chi connectivity index (χ3n) is 3.95. The number of benzene rings is 1. The van der Waals surface area contributed by atoms with Gasteiger partial charge < -0.3 is 9.30 Å². The lowest BCUT2D eigenvalue weighted by atomic mass is 10.1. The first-order valence-electron chi connectivity index (χ1n) is 7.45. The maximum absolute atomic E-state index is 12.8. The van der Waals surface area contributed by atoms with Crippen molar-refractivity contribution in [1.29, 1.82) is 0 Å². The Morgan fingerprint density at radius 2 is 2.00 bits per heavy atom. The zero-order valence-corrected chi connectivity index (χ0v) is 13.5. The van der Waals surface area contributed by atoms with Crippen LogP contribution in [-0.2, 0) is 7.05 Å². The molecule has 120 valence electrons. The molecule has 0 saturated carbocycles. The van der Waals surface area contributed by atoms with Gasteiger partial charge in [0.2, 0.25) is 0 Å². The third kappa shape index (κ3) is 2.05. The van der Waals surface area contributed by atoms with Gasteiger partial charge >= 0.3 is 0 Å². The van der Waals surface area contributed by atoms with Crippen LogP contribution in [0.2, 0.25) is 0 Å². The Bertz CT molecular complexity index is 1140. The van der Waals surface area contributed by atoms with Gasteiger partial charge in [0.25, 0.3) is 11.3 Å². The van der Waals surface area contributed by atoms with Gasteiger partial charge in [-0.2, -0.15) is 9.50 Å². The van der Waals surface area contributed by atoms with Crippen molar-refractivity contribution in [3.63, 3.8) is 0 Å². The largest absolute Gasteiger partial charge is 0.497 e. The molecule has 4 aromatic rings. The smallest absolute Gasteiger partial charge is 0.261 e. The Labute approximate surface area is 137 Å². The van der Waals surface area contributed by atoms with E-state index in [2.05, 4.69) is 15.1 Å². The molecule has 0 unspecified atom stereocenters. The van der Waals surface area contributed by atoms with E-state index in [1.807, 2.05) is 30.3 Å². The van der Waals surface area contributed by atoms with Crippen LogP contribution in [0.3, 0.4) is 0 Å².